The van der Waals surface area contributed by atoms with E-state index in [0.29, 0.717) is 27.2 Å². The molecule has 0 aliphatic carbocycles. The maximum atomic E-state index is 12.7. The van der Waals surface area contributed by atoms with E-state index in [9.17, 15) is 13.2 Å². The van der Waals surface area contributed by atoms with Crippen LogP contribution in [0.3, 0.4) is 0 Å². The van der Waals surface area contributed by atoms with Gasteiger partial charge in [-0.3, -0.25) is 9.10 Å². The zero-order valence-electron chi connectivity index (χ0n) is 16.6. The van der Waals surface area contributed by atoms with Crippen molar-refractivity contribution in [2.45, 2.75) is 10.6 Å². The molecule has 3 aromatic carbocycles. The fraction of sp³-hybridized carbons (Fsp3) is 0.136. The number of rotatable bonds is 8. The summed E-state index contributed by atoms with van der Waals surface area (Å²) in [7, 11) is -3.66. The van der Waals surface area contributed by atoms with E-state index in [1.165, 1.54) is 0 Å². The third kappa shape index (κ3) is 6.90. The SMILES string of the molecule is CS(=O)(=O)N(CC(=O)Nc1ccccc1SCc1ccc(Cl)cc1)c1ccc(Cl)cc1. The van der Waals surface area contributed by atoms with Gasteiger partial charge in [-0.25, -0.2) is 8.42 Å². The van der Waals surface area contributed by atoms with Crippen LogP contribution < -0.4 is 9.62 Å². The number of amides is 1. The van der Waals surface area contributed by atoms with Gasteiger partial charge in [0.2, 0.25) is 15.9 Å². The molecule has 31 heavy (non-hydrogen) atoms. The van der Waals surface area contributed by atoms with Gasteiger partial charge in [0.05, 0.1) is 17.6 Å². The number of anilines is 2. The molecule has 3 aromatic rings. The van der Waals surface area contributed by atoms with Crippen LogP contribution in [0.1, 0.15) is 5.56 Å². The van der Waals surface area contributed by atoms with Crippen molar-refractivity contribution in [3.05, 3.63) is 88.4 Å². The summed E-state index contributed by atoms with van der Waals surface area (Å²) in [6, 6.07) is 21.2. The fourth-order valence-corrected chi connectivity index (χ4v) is 4.84. The molecule has 0 spiro atoms. The number of thioether (sulfide) groups is 1. The molecule has 0 saturated carbocycles. The first kappa shape index (κ1) is 23.5. The summed E-state index contributed by atoms with van der Waals surface area (Å²) >= 11 is 13.4. The van der Waals surface area contributed by atoms with Crippen molar-refractivity contribution in [2.24, 2.45) is 0 Å². The Labute approximate surface area is 196 Å². The highest BCUT2D eigenvalue weighted by Crippen LogP contribution is 2.30. The Bertz CT molecular complexity index is 1150. The van der Waals surface area contributed by atoms with Crippen molar-refractivity contribution in [3.63, 3.8) is 0 Å². The van der Waals surface area contributed by atoms with Crippen LogP contribution in [0.2, 0.25) is 10.0 Å². The molecule has 9 heteroatoms. The largest absolute Gasteiger partial charge is 0.323 e. The summed E-state index contributed by atoms with van der Waals surface area (Å²) in [4.78, 5) is 13.6. The van der Waals surface area contributed by atoms with Crippen LogP contribution in [0, 0.1) is 0 Å². The molecule has 0 bridgehead atoms. The molecule has 0 unspecified atom stereocenters. The number of halogens is 2. The molecule has 0 fully saturated rings. The number of nitrogens with one attached hydrogen (secondary N) is 1. The Morgan fingerprint density at radius 3 is 2.13 bits per heavy atom. The van der Waals surface area contributed by atoms with E-state index in [1.807, 2.05) is 42.5 Å². The van der Waals surface area contributed by atoms with Crippen LogP contribution in [0.25, 0.3) is 0 Å². The van der Waals surface area contributed by atoms with Gasteiger partial charge in [-0.15, -0.1) is 11.8 Å². The van der Waals surface area contributed by atoms with E-state index in [4.69, 9.17) is 23.2 Å². The molecule has 0 aliphatic rings. The van der Waals surface area contributed by atoms with Crippen LogP contribution >= 0.6 is 35.0 Å². The third-order valence-electron chi connectivity index (χ3n) is 4.27. The molecule has 0 aliphatic heterocycles. The highest BCUT2D eigenvalue weighted by Gasteiger charge is 2.21. The predicted octanol–water partition coefficient (Wildman–Crippen LogP) is 5.69. The van der Waals surface area contributed by atoms with Gasteiger partial charge < -0.3 is 5.32 Å². The molecule has 0 radical (unpaired) electrons. The smallest absolute Gasteiger partial charge is 0.245 e. The second-order valence-corrected chi connectivity index (χ2v) is 10.5. The second kappa shape index (κ2) is 10.4. The summed E-state index contributed by atoms with van der Waals surface area (Å²) in [5, 5.41) is 3.98. The van der Waals surface area contributed by atoms with E-state index in [0.717, 1.165) is 21.0 Å². The molecule has 5 nitrogen and oxygen atoms in total. The zero-order chi connectivity index (χ0) is 22.4. The number of carbonyl (C=O) groups is 1. The first-order valence-electron chi connectivity index (χ1n) is 9.22. The number of carbonyl (C=O) groups excluding carboxylic acids is 1. The number of nitrogens with zero attached hydrogens (tertiary/aromatic N) is 1. The molecule has 0 saturated heterocycles. The molecule has 1 amide bonds. The summed E-state index contributed by atoms with van der Waals surface area (Å²) < 4.78 is 25.6. The van der Waals surface area contributed by atoms with E-state index in [1.54, 1.807) is 42.1 Å². The van der Waals surface area contributed by atoms with Crippen LogP contribution in [0.4, 0.5) is 11.4 Å². The van der Waals surface area contributed by atoms with Gasteiger partial charge in [-0.2, -0.15) is 0 Å². The molecule has 0 atom stereocenters. The van der Waals surface area contributed by atoms with Crippen LogP contribution in [-0.2, 0) is 20.6 Å². The van der Waals surface area contributed by atoms with Crippen LogP contribution in [-0.4, -0.2) is 27.1 Å². The number of benzene rings is 3. The lowest BCUT2D eigenvalue weighted by atomic mass is 10.2. The minimum Gasteiger partial charge on any atom is -0.323 e. The van der Waals surface area contributed by atoms with Crippen molar-refractivity contribution in [1.82, 2.24) is 0 Å². The zero-order valence-corrected chi connectivity index (χ0v) is 19.7. The lowest BCUT2D eigenvalue weighted by Crippen LogP contribution is -2.37. The van der Waals surface area contributed by atoms with Crippen molar-refractivity contribution in [3.8, 4) is 0 Å². The Morgan fingerprint density at radius 1 is 0.935 bits per heavy atom. The summed E-state index contributed by atoms with van der Waals surface area (Å²) in [6.07, 6.45) is 1.06. The van der Waals surface area contributed by atoms with Crippen molar-refractivity contribution in [2.75, 3.05) is 22.4 Å². The Morgan fingerprint density at radius 2 is 1.52 bits per heavy atom. The normalized spacial score (nSPS) is 11.2. The lowest BCUT2D eigenvalue weighted by Gasteiger charge is -2.22. The fourth-order valence-electron chi connectivity index (χ4n) is 2.77. The molecular formula is C22H20Cl2N2O3S2. The highest BCUT2D eigenvalue weighted by atomic mass is 35.5. The lowest BCUT2D eigenvalue weighted by molar-refractivity contribution is -0.114. The van der Waals surface area contributed by atoms with Crippen molar-refractivity contribution < 1.29 is 13.2 Å². The van der Waals surface area contributed by atoms with Crippen LogP contribution in [0.15, 0.2) is 77.7 Å². The standard InChI is InChI=1S/C22H20Cl2N2O3S2/c1-31(28,29)26(19-12-10-18(24)11-13-19)14-22(27)25-20-4-2-3-5-21(20)30-15-16-6-8-17(23)9-7-16/h2-13H,14-15H2,1H3,(H,25,27). The van der Waals surface area contributed by atoms with Crippen molar-refractivity contribution >= 4 is 62.3 Å². The maximum Gasteiger partial charge on any atom is 0.245 e. The molecule has 0 aromatic heterocycles. The summed E-state index contributed by atoms with van der Waals surface area (Å²) in [5.74, 6) is 0.254. The van der Waals surface area contributed by atoms with E-state index in [2.05, 4.69) is 5.32 Å². The second-order valence-electron chi connectivity index (χ2n) is 6.71. The summed E-state index contributed by atoms with van der Waals surface area (Å²) in [5.41, 5.74) is 2.09. The minimum absolute atomic E-state index is 0.351. The highest BCUT2D eigenvalue weighted by molar-refractivity contribution is 7.98. The monoisotopic (exact) mass is 494 g/mol. The van der Waals surface area contributed by atoms with E-state index < -0.39 is 15.9 Å². The minimum atomic E-state index is -3.66. The predicted molar refractivity (Wildman–Crippen MR) is 130 cm³/mol. The number of para-hydroxylation sites is 1. The van der Waals surface area contributed by atoms with Gasteiger partial charge in [0.15, 0.2) is 0 Å². The van der Waals surface area contributed by atoms with Gasteiger partial charge in [-0.05, 0) is 54.1 Å². The number of hydrogen-bond donors (Lipinski definition) is 1. The number of sulfonamides is 1. The van der Waals surface area contributed by atoms with E-state index >= 15 is 0 Å². The topological polar surface area (TPSA) is 66.5 Å². The van der Waals surface area contributed by atoms with E-state index in [-0.39, 0.29) is 6.54 Å². The average molecular weight is 495 g/mol. The van der Waals surface area contributed by atoms with Crippen molar-refractivity contribution in [1.29, 1.82) is 0 Å². The van der Waals surface area contributed by atoms with Gasteiger partial charge >= 0.3 is 0 Å². The summed E-state index contributed by atoms with van der Waals surface area (Å²) in [6.45, 7) is -0.351. The van der Waals surface area contributed by atoms with Gasteiger partial charge in [0.25, 0.3) is 0 Å². The first-order chi connectivity index (χ1) is 14.7. The van der Waals surface area contributed by atoms with Gasteiger partial charge in [0, 0.05) is 20.7 Å². The van der Waals surface area contributed by atoms with Gasteiger partial charge in [0.1, 0.15) is 6.54 Å². The molecule has 162 valence electrons. The van der Waals surface area contributed by atoms with Crippen LogP contribution in [0.5, 0.6) is 0 Å². The molecule has 1 N–H and O–H groups in total. The Hall–Kier alpha value is -2.19. The average Bonchev–Trinajstić information content (AvgIpc) is 2.72. The molecule has 3 rings (SSSR count). The molecular weight excluding hydrogens is 475 g/mol. The third-order valence-corrected chi connectivity index (χ3v) is 7.06. The van der Waals surface area contributed by atoms with Gasteiger partial charge in [-0.1, -0.05) is 47.5 Å². The Kier molecular flexibility index (Phi) is 7.89. The first-order valence-corrected chi connectivity index (χ1v) is 12.8. The maximum absolute atomic E-state index is 12.7. The molecule has 0 heterocycles. The Balaban J connectivity index is 1.72. The quantitative estimate of drug-likeness (QED) is 0.408. The number of hydrogen-bond acceptors (Lipinski definition) is 4.